The molecule has 2 aromatic heterocycles. The molecule has 0 spiro atoms. The van der Waals surface area contributed by atoms with Crippen LogP contribution in [-0.4, -0.2) is 238 Å². The van der Waals surface area contributed by atoms with Gasteiger partial charge in [0.25, 0.3) is 0 Å². The lowest BCUT2D eigenvalue weighted by Gasteiger charge is -2.42. The molecule has 0 amide bonds. The fraction of sp³-hybridized carbons (Fsp3) is 0.444. The number of fused-ring (bicyclic) bond motifs is 2. The van der Waals surface area contributed by atoms with Crippen LogP contribution in [0.1, 0.15) is 13.8 Å². The monoisotopic (exact) mass is 1220 g/mol. The van der Waals surface area contributed by atoms with Crippen molar-refractivity contribution >= 4 is 21.9 Å². The van der Waals surface area contributed by atoms with Crippen LogP contribution >= 0.6 is 0 Å². The number of hydrogen-bond acceptors (Lipinski definition) is 32. The van der Waals surface area contributed by atoms with Crippen molar-refractivity contribution < 1.29 is 149 Å². The summed E-state index contributed by atoms with van der Waals surface area (Å²) in [6.45, 7) is 1.05. The van der Waals surface area contributed by atoms with Gasteiger partial charge >= 0.3 is 0 Å². The summed E-state index contributed by atoms with van der Waals surface area (Å²) in [7, 11) is 0. The van der Waals surface area contributed by atoms with E-state index in [-0.39, 0.29) is 0 Å². The number of phenolic OH excluding ortho intramolecular Hbond substituents is 8. The van der Waals surface area contributed by atoms with Gasteiger partial charge in [0.15, 0.2) is 52.7 Å². The lowest BCUT2D eigenvalue weighted by molar-refractivity contribution is -0.318. The van der Waals surface area contributed by atoms with Crippen molar-refractivity contribution in [1.82, 2.24) is 0 Å². The standard InChI is InChI=1S/C54H58O32/c1-13-31(62)38(69)42(73)51(79-13)77-11-25-34(65)40(71)44(75)53(82-25)85-49-37(68)30-23(61)10-22(60)29(48(30)84-46(49)15-3-5-18(56)20(58)7-15)27-17(4-6-19(57)33(27)64)47-50(36(67)28-21(59)8-16(55)9-24(28)81-47)86-54-45(76)41(72)35(66)26(83-54)12-78-52-43(74)39(70)32(63)14(2)80-52/h3-10,13-14,25-26,31-32,34-35,38-45,51-66,69-76H,11-12H2,1-2H3. The number of hydrogen-bond donors (Lipinski definition) is 20. The number of aliphatic hydroxyl groups excluding tert-OH is 12. The van der Waals surface area contributed by atoms with E-state index in [2.05, 4.69) is 0 Å². The molecule has 4 aliphatic heterocycles. The van der Waals surface area contributed by atoms with E-state index in [0.717, 1.165) is 36.4 Å². The molecule has 4 fully saturated rings. The number of aromatic hydroxyl groups is 8. The molecule has 32 heteroatoms. The minimum atomic E-state index is -2.31. The fourth-order valence-electron chi connectivity index (χ4n) is 10.3. The van der Waals surface area contributed by atoms with Crippen molar-refractivity contribution in [3.63, 3.8) is 0 Å². The second-order valence-electron chi connectivity index (χ2n) is 20.9. The number of ether oxygens (including phenoxy) is 8. The topological polar surface area (TPSA) is 539 Å². The largest absolute Gasteiger partial charge is 0.508 e. The first kappa shape index (κ1) is 61.7. The Kier molecular flexibility index (Phi) is 17.0. The molecule has 466 valence electrons. The Balaban J connectivity index is 1.10. The summed E-state index contributed by atoms with van der Waals surface area (Å²) in [6.07, 6.45) is -36.9. The van der Waals surface area contributed by atoms with Crippen molar-refractivity contribution in [1.29, 1.82) is 0 Å². The molecule has 20 unspecified atom stereocenters. The molecule has 0 radical (unpaired) electrons. The second-order valence-corrected chi connectivity index (χ2v) is 20.9. The normalized spacial score (nSPS) is 33.2. The van der Waals surface area contributed by atoms with Gasteiger partial charge in [0.2, 0.25) is 34.9 Å². The molecular formula is C54H58O32. The lowest BCUT2D eigenvalue weighted by atomic mass is 9.92. The molecule has 4 aromatic carbocycles. The molecular weight excluding hydrogens is 1160 g/mol. The molecule has 0 bridgehead atoms. The summed E-state index contributed by atoms with van der Waals surface area (Å²) in [6, 6.07) is 6.47. The van der Waals surface area contributed by atoms with Crippen LogP contribution in [0.25, 0.3) is 55.7 Å². The molecule has 6 aromatic rings. The summed E-state index contributed by atoms with van der Waals surface area (Å²) >= 11 is 0. The van der Waals surface area contributed by atoms with E-state index in [1.807, 2.05) is 0 Å². The van der Waals surface area contributed by atoms with Gasteiger partial charge in [-0.2, -0.15) is 0 Å². The van der Waals surface area contributed by atoms with E-state index in [9.17, 15) is 107 Å². The van der Waals surface area contributed by atoms with Gasteiger partial charge in [0.05, 0.1) is 31.0 Å². The first-order chi connectivity index (χ1) is 40.6. The molecule has 0 aliphatic carbocycles. The van der Waals surface area contributed by atoms with Crippen molar-refractivity contribution in [2.45, 2.75) is 137 Å². The predicted molar refractivity (Wildman–Crippen MR) is 279 cm³/mol. The van der Waals surface area contributed by atoms with Gasteiger partial charge in [0, 0.05) is 34.9 Å². The average Bonchev–Trinajstić information content (AvgIpc) is 0.811. The Morgan fingerprint density at radius 2 is 0.895 bits per heavy atom. The molecule has 20 atom stereocenters. The zero-order chi connectivity index (χ0) is 62.4. The first-order valence-electron chi connectivity index (χ1n) is 26.1. The third-order valence-corrected chi connectivity index (χ3v) is 15.2. The smallest absolute Gasteiger partial charge is 0.239 e. The molecule has 0 saturated carbocycles. The quantitative estimate of drug-likeness (QED) is 0.0501. The van der Waals surface area contributed by atoms with Gasteiger partial charge in [-0.25, -0.2) is 0 Å². The van der Waals surface area contributed by atoms with E-state index in [1.54, 1.807) is 0 Å². The maximum Gasteiger partial charge on any atom is 0.239 e. The molecule has 32 nitrogen and oxygen atoms in total. The van der Waals surface area contributed by atoms with Gasteiger partial charge in [-0.15, -0.1) is 0 Å². The van der Waals surface area contributed by atoms with Gasteiger partial charge in [-0.3, -0.25) is 9.59 Å². The van der Waals surface area contributed by atoms with E-state index >= 15 is 4.79 Å². The highest BCUT2D eigenvalue weighted by atomic mass is 16.7. The zero-order valence-corrected chi connectivity index (χ0v) is 44.4. The van der Waals surface area contributed by atoms with Gasteiger partial charge in [-0.1, -0.05) is 0 Å². The SMILES string of the molecule is CC1OC(OCC2OC(Oc3c(-c4ccc(O)c(O)c4-c4c(O)cc(O)c5c(=O)c(OC6OC(COC7OC(C)C(O)C(O)C7O)C(O)C(O)C6O)c(-c6ccc(O)c(O)c6)oc45)oc4cc(O)cc(O)c4c3=O)C(O)C(O)C2O)C(O)C(O)C1O. The van der Waals surface area contributed by atoms with Crippen LogP contribution in [0.2, 0.25) is 0 Å². The fourth-order valence-corrected chi connectivity index (χ4v) is 10.3. The maximum atomic E-state index is 15.1. The Morgan fingerprint density at radius 1 is 0.419 bits per heavy atom. The average molecular weight is 1220 g/mol. The van der Waals surface area contributed by atoms with Crippen LogP contribution in [0, 0.1) is 0 Å². The molecule has 4 saturated heterocycles. The van der Waals surface area contributed by atoms with Crippen molar-refractivity contribution in [3.8, 4) is 91.3 Å². The number of benzene rings is 4. The van der Waals surface area contributed by atoms with Crippen LogP contribution in [0.3, 0.4) is 0 Å². The molecule has 10 rings (SSSR count). The number of rotatable bonds is 13. The lowest BCUT2D eigenvalue weighted by Crippen LogP contribution is -2.61. The molecule has 20 N–H and O–H groups in total. The first-order valence-corrected chi connectivity index (χ1v) is 26.1. The van der Waals surface area contributed by atoms with Crippen molar-refractivity contribution in [2.75, 3.05) is 13.2 Å². The highest BCUT2D eigenvalue weighted by molar-refractivity contribution is 6.06. The van der Waals surface area contributed by atoms with E-state index in [4.69, 9.17) is 46.7 Å². The Hall–Kier alpha value is -7.42. The highest BCUT2D eigenvalue weighted by Gasteiger charge is 2.50. The molecule has 6 heterocycles. The summed E-state index contributed by atoms with van der Waals surface area (Å²) in [5.41, 5.74) is -7.35. The van der Waals surface area contributed by atoms with Crippen molar-refractivity contribution in [3.05, 3.63) is 69.0 Å². The van der Waals surface area contributed by atoms with Gasteiger partial charge < -0.3 is 149 Å². The molecule has 86 heavy (non-hydrogen) atoms. The predicted octanol–water partition coefficient (Wildman–Crippen LogP) is -3.39. The number of phenols is 8. The van der Waals surface area contributed by atoms with Gasteiger partial charge in [-0.05, 0) is 44.2 Å². The minimum Gasteiger partial charge on any atom is -0.508 e. The van der Waals surface area contributed by atoms with Crippen LogP contribution in [0.15, 0.2) is 67.0 Å². The Bertz CT molecular complexity index is 3640. The summed E-state index contributed by atoms with van der Waals surface area (Å²) < 4.78 is 57.7. The van der Waals surface area contributed by atoms with Crippen LogP contribution < -0.4 is 20.3 Å². The summed E-state index contributed by atoms with van der Waals surface area (Å²) in [5, 5.41) is 216. The third-order valence-electron chi connectivity index (χ3n) is 15.2. The second kappa shape index (κ2) is 23.7. The minimum absolute atomic E-state index is 0.404. The number of aliphatic hydroxyl groups is 12. The zero-order valence-electron chi connectivity index (χ0n) is 44.4. The summed E-state index contributed by atoms with van der Waals surface area (Å²) in [4.78, 5) is 29.9. The highest BCUT2D eigenvalue weighted by Crippen LogP contribution is 2.53. The summed E-state index contributed by atoms with van der Waals surface area (Å²) in [5.74, 6) is -11.8. The van der Waals surface area contributed by atoms with E-state index in [0.29, 0.717) is 12.1 Å². The Labute approximate surface area is 479 Å². The van der Waals surface area contributed by atoms with Gasteiger partial charge in [0.1, 0.15) is 125 Å². The van der Waals surface area contributed by atoms with Crippen LogP contribution in [0.5, 0.6) is 57.5 Å². The third kappa shape index (κ3) is 10.9. The van der Waals surface area contributed by atoms with E-state index in [1.165, 1.54) is 13.8 Å². The van der Waals surface area contributed by atoms with Crippen LogP contribution in [0.4, 0.5) is 0 Å². The van der Waals surface area contributed by atoms with Crippen LogP contribution in [-0.2, 0) is 28.4 Å². The Morgan fingerprint density at radius 3 is 1.43 bits per heavy atom. The van der Waals surface area contributed by atoms with E-state index < -0.39 is 260 Å². The van der Waals surface area contributed by atoms with Crippen molar-refractivity contribution in [2.24, 2.45) is 0 Å². The maximum absolute atomic E-state index is 15.1. The molecule has 4 aliphatic rings.